The molecule has 1 atom stereocenters. The summed E-state index contributed by atoms with van der Waals surface area (Å²) in [7, 11) is 0. The molecule has 0 aromatic heterocycles. The number of nitrogens with one attached hydrogen (secondary N) is 1. The summed E-state index contributed by atoms with van der Waals surface area (Å²) in [6.45, 7) is 12.8. The van der Waals surface area contributed by atoms with Gasteiger partial charge in [-0.3, -0.25) is 9.59 Å². The molecule has 0 radical (unpaired) electrons. The fourth-order valence-electron chi connectivity index (χ4n) is 4.09. The minimum Gasteiger partial charge on any atom is -0.340 e. The van der Waals surface area contributed by atoms with Crippen LogP contribution in [0.15, 0.2) is 54.6 Å². The molecule has 2 aromatic carbocycles. The number of carbonyl (C=O) groups excluding carboxylic acids is 2. The van der Waals surface area contributed by atoms with Crippen molar-refractivity contribution in [3.8, 4) is 0 Å². The first kappa shape index (κ1) is 24.0. The Labute approximate surface area is 192 Å². The molecule has 1 fully saturated rings. The van der Waals surface area contributed by atoms with E-state index in [2.05, 4.69) is 45.1 Å². The molecule has 1 unspecified atom stereocenters. The SMILES string of the molecule is CC(CN(CCC(=O)N1CCNCC1)C(=O)c1ccc(C(C)(C)C)cc1)c1ccccc1. The molecular formula is C27H37N3O2. The molecule has 3 rings (SSSR count). The van der Waals surface area contributed by atoms with Gasteiger partial charge in [-0.15, -0.1) is 0 Å². The van der Waals surface area contributed by atoms with Gasteiger partial charge < -0.3 is 15.1 Å². The summed E-state index contributed by atoms with van der Waals surface area (Å²) in [4.78, 5) is 29.9. The first-order valence-corrected chi connectivity index (χ1v) is 11.7. The standard InChI is InChI=1S/C27H37N3O2/c1-21(22-8-6-5-7-9-22)20-30(17-14-25(31)29-18-15-28-16-19-29)26(32)23-10-12-24(13-11-23)27(2,3)4/h5-13,21,28H,14-20H2,1-4H3. The van der Waals surface area contributed by atoms with Gasteiger partial charge in [-0.25, -0.2) is 0 Å². The maximum atomic E-state index is 13.5. The van der Waals surface area contributed by atoms with Crippen molar-refractivity contribution in [3.05, 3.63) is 71.3 Å². The number of nitrogens with zero attached hydrogens (tertiary/aromatic N) is 2. The molecule has 32 heavy (non-hydrogen) atoms. The molecular weight excluding hydrogens is 398 g/mol. The largest absolute Gasteiger partial charge is 0.340 e. The van der Waals surface area contributed by atoms with Crippen molar-refractivity contribution in [1.29, 1.82) is 0 Å². The van der Waals surface area contributed by atoms with Gasteiger partial charge in [0.25, 0.3) is 5.91 Å². The summed E-state index contributed by atoms with van der Waals surface area (Å²) < 4.78 is 0. The molecule has 0 spiro atoms. The third-order valence-electron chi connectivity index (χ3n) is 6.21. The van der Waals surface area contributed by atoms with Gasteiger partial charge in [-0.2, -0.15) is 0 Å². The maximum absolute atomic E-state index is 13.5. The summed E-state index contributed by atoms with van der Waals surface area (Å²) in [6.07, 6.45) is 0.354. The topological polar surface area (TPSA) is 52.7 Å². The summed E-state index contributed by atoms with van der Waals surface area (Å²) in [6, 6.07) is 18.2. The Morgan fingerprint density at radius 3 is 2.22 bits per heavy atom. The van der Waals surface area contributed by atoms with Crippen molar-refractivity contribution in [2.45, 2.75) is 45.4 Å². The van der Waals surface area contributed by atoms with Crippen LogP contribution >= 0.6 is 0 Å². The first-order chi connectivity index (χ1) is 15.3. The van der Waals surface area contributed by atoms with Crippen LogP contribution in [0.3, 0.4) is 0 Å². The van der Waals surface area contributed by atoms with Gasteiger partial charge in [0.15, 0.2) is 0 Å². The zero-order valence-electron chi connectivity index (χ0n) is 19.9. The minimum absolute atomic E-state index is 0.0126. The second-order valence-corrected chi connectivity index (χ2v) is 9.77. The second kappa shape index (κ2) is 10.8. The Kier molecular flexibility index (Phi) is 8.08. The summed E-state index contributed by atoms with van der Waals surface area (Å²) >= 11 is 0. The summed E-state index contributed by atoms with van der Waals surface area (Å²) in [5, 5.41) is 3.28. The summed E-state index contributed by atoms with van der Waals surface area (Å²) in [5.74, 6) is 0.296. The Hall–Kier alpha value is -2.66. The van der Waals surface area contributed by atoms with Crippen molar-refractivity contribution in [3.63, 3.8) is 0 Å². The van der Waals surface area contributed by atoms with Gasteiger partial charge in [0.1, 0.15) is 0 Å². The van der Waals surface area contributed by atoms with Crippen molar-refractivity contribution in [1.82, 2.24) is 15.1 Å². The molecule has 1 heterocycles. The lowest BCUT2D eigenvalue weighted by Crippen LogP contribution is -2.47. The van der Waals surface area contributed by atoms with E-state index in [0.29, 0.717) is 25.1 Å². The predicted molar refractivity (Wildman–Crippen MR) is 130 cm³/mol. The molecule has 0 aliphatic carbocycles. The third-order valence-corrected chi connectivity index (χ3v) is 6.21. The second-order valence-electron chi connectivity index (χ2n) is 9.77. The van der Waals surface area contributed by atoms with E-state index in [1.165, 1.54) is 11.1 Å². The summed E-state index contributed by atoms with van der Waals surface area (Å²) in [5.41, 5.74) is 3.11. The molecule has 5 heteroatoms. The van der Waals surface area contributed by atoms with E-state index in [4.69, 9.17) is 0 Å². The van der Waals surface area contributed by atoms with Crippen LogP contribution in [0.4, 0.5) is 0 Å². The maximum Gasteiger partial charge on any atom is 0.253 e. The normalized spacial score (nSPS) is 15.3. The Balaban J connectivity index is 1.74. The smallest absolute Gasteiger partial charge is 0.253 e. The van der Waals surface area contributed by atoms with E-state index in [1.54, 1.807) is 0 Å². The lowest BCUT2D eigenvalue weighted by molar-refractivity contribution is -0.131. The number of rotatable bonds is 7. The van der Waals surface area contributed by atoms with Crippen LogP contribution in [0.25, 0.3) is 0 Å². The molecule has 2 aromatic rings. The fraction of sp³-hybridized carbons (Fsp3) is 0.481. The van der Waals surface area contributed by atoms with E-state index < -0.39 is 0 Å². The van der Waals surface area contributed by atoms with Gasteiger partial charge in [0.2, 0.25) is 5.91 Å². The molecule has 0 bridgehead atoms. The van der Waals surface area contributed by atoms with Crippen molar-refractivity contribution < 1.29 is 9.59 Å². The molecule has 1 aliphatic heterocycles. The van der Waals surface area contributed by atoms with Gasteiger partial charge in [0, 0.05) is 51.3 Å². The highest BCUT2D eigenvalue weighted by Crippen LogP contribution is 2.23. The highest BCUT2D eigenvalue weighted by atomic mass is 16.2. The zero-order valence-corrected chi connectivity index (χ0v) is 19.9. The quantitative estimate of drug-likeness (QED) is 0.714. The Morgan fingerprint density at radius 2 is 1.62 bits per heavy atom. The van der Waals surface area contributed by atoms with Crippen molar-refractivity contribution in [2.24, 2.45) is 0 Å². The molecule has 5 nitrogen and oxygen atoms in total. The van der Waals surface area contributed by atoms with Crippen LogP contribution in [0.5, 0.6) is 0 Å². The van der Waals surface area contributed by atoms with Gasteiger partial charge in [-0.1, -0.05) is 70.2 Å². The first-order valence-electron chi connectivity index (χ1n) is 11.7. The van der Waals surface area contributed by atoms with Gasteiger partial charge >= 0.3 is 0 Å². The van der Waals surface area contributed by atoms with Crippen LogP contribution in [0.2, 0.25) is 0 Å². The number of benzene rings is 2. The van der Waals surface area contributed by atoms with E-state index in [1.807, 2.05) is 52.3 Å². The van der Waals surface area contributed by atoms with Gasteiger partial charge in [-0.05, 0) is 34.6 Å². The number of piperazine rings is 1. The van der Waals surface area contributed by atoms with Crippen LogP contribution in [-0.4, -0.2) is 60.9 Å². The van der Waals surface area contributed by atoms with E-state index in [-0.39, 0.29) is 23.1 Å². The lowest BCUT2D eigenvalue weighted by Gasteiger charge is -2.30. The third kappa shape index (κ3) is 6.42. The number of hydrogen-bond donors (Lipinski definition) is 1. The molecule has 2 amide bonds. The average molecular weight is 436 g/mol. The highest BCUT2D eigenvalue weighted by molar-refractivity contribution is 5.94. The lowest BCUT2D eigenvalue weighted by atomic mass is 9.86. The zero-order chi connectivity index (χ0) is 23.1. The Morgan fingerprint density at radius 1 is 1.00 bits per heavy atom. The van der Waals surface area contributed by atoms with E-state index in [0.717, 1.165) is 26.2 Å². The molecule has 172 valence electrons. The van der Waals surface area contributed by atoms with E-state index >= 15 is 0 Å². The van der Waals surface area contributed by atoms with E-state index in [9.17, 15) is 9.59 Å². The monoisotopic (exact) mass is 435 g/mol. The van der Waals surface area contributed by atoms with Crippen LogP contribution < -0.4 is 5.32 Å². The average Bonchev–Trinajstić information content (AvgIpc) is 2.81. The molecule has 1 saturated heterocycles. The molecule has 1 aliphatic rings. The predicted octanol–water partition coefficient (Wildman–Crippen LogP) is 4.05. The molecule has 0 saturated carbocycles. The highest BCUT2D eigenvalue weighted by Gasteiger charge is 2.23. The Bertz CT molecular complexity index is 881. The van der Waals surface area contributed by atoms with Crippen molar-refractivity contribution >= 4 is 11.8 Å². The van der Waals surface area contributed by atoms with Crippen LogP contribution in [0, 0.1) is 0 Å². The van der Waals surface area contributed by atoms with Gasteiger partial charge in [0.05, 0.1) is 0 Å². The number of carbonyl (C=O) groups is 2. The molecule has 1 N–H and O–H groups in total. The van der Waals surface area contributed by atoms with Crippen molar-refractivity contribution in [2.75, 3.05) is 39.3 Å². The number of amides is 2. The fourth-order valence-corrected chi connectivity index (χ4v) is 4.09. The van der Waals surface area contributed by atoms with Crippen LogP contribution in [0.1, 0.15) is 61.5 Å². The number of hydrogen-bond acceptors (Lipinski definition) is 3. The van der Waals surface area contributed by atoms with Crippen LogP contribution in [-0.2, 0) is 10.2 Å². The minimum atomic E-state index is -0.0126.